The molecule has 1 aromatic heterocycles. The molecule has 1 aliphatic heterocycles. The van der Waals surface area contributed by atoms with Crippen LogP contribution in [0, 0.1) is 0 Å². The van der Waals surface area contributed by atoms with Crippen molar-refractivity contribution in [3.63, 3.8) is 0 Å². The van der Waals surface area contributed by atoms with E-state index < -0.39 is 23.9 Å². The first-order valence-electron chi connectivity index (χ1n) is 8.83. The molecule has 0 spiro atoms. The fraction of sp³-hybridized carbons (Fsp3) is 0.136. The monoisotopic (exact) mass is 375 g/mol. The van der Waals surface area contributed by atoms with E-state index in [1.165, 1.54) is 24.5 Å². The van der Waals surface area contributed by atoms with Gasteiger partial charge < -0.3 is 9.15 Å². The van der Waals surface area contributed by atoms with E-state index in [9.17, 15) is 14.4 Å². The highest BCUT2D eigenvalue weighted by Gasteiger charge is 2.36. The molecule has 0 saturated carbocycles. The highest BCUT2D eigenvalue weighted by molar-refractivity contribution is 6.21. The summed E-state index contributed by atoms with van der Waals surface area (Å²) in [6.07, 6.45) is 1.05. The van der Waals surface area contributed by atoms with Gasteiger partial charge in [0.25, 0.3) is 11.8 Å². The number of carbonyl (C=O) groups excluding carboxylic acids is 3. The number of rotatable bonds is 5. The number of ether oxygens (including phenoxy) is 1. The number of imide groups is 1. The lowest BCUT2D eigenvalue weighted by Gasteiger charge is -2.13. The standard InChI is InChI=1S/C22H17NO5/c1-14(15-6-3-2-4-7-15)28-22(26)16-9-10-18-19(12-16)21(25)23(20(18)24)13-17-8-5-11-27-17/h2-12,14H,13H2,1H3. The molecule has 3 aromatic rings. The Morgan fingerprint density at radius 2 is 1.75 bits per heavy atom. The van der Waals surface area contributed by atoms with Crippen LogP contribution >= 0.6 is 0 Å². The number of fused-ring (bicyclic) bond motifs is 1. The van der Waals surface area contributed by atoms with Crippen molar-refractivity contribution < 1.29 is 23.5 Å². The summed E-state index contributed by atoms with van der Waals surface area (Å²) in [4.78, 5) is 38.8. The minimum Gasteiger partial charge on any atom is -0.467 e. The van der Waals surface area contributed by atoms with Gasteiger partial charge in [0.15, 0.2) is 0 Å². The molecule has 1 aliphatic rings. The van der Waals surface area contributed by atoms with E-state index in [0.29, 0.717) is 5.76 Å². The van der Waals surface area contributed by atoms with Crippen molar-refractivity contribution in [1.29, 1.82) is 0 Å². The number of benzene rings is 2. The normalized spacial score (nSPS) is 14.1. The zero-order valence-electron chi connectivity index (χ0n) is 15.1. The second-order valence-electron chi connectivity index (χ2n) is 6.49. The van der Waals surface area contributed by atoms with E-state index in [1.54, 1.807) is 19.1 Å². The number of furan rings is 1. The maximum atomic E-state index is 12.7. The van der Waals surface area contributed by atoms with Gasteiger partial charge in [-0.3, -0.25) is 14.5 Å². The van der Waals surface area contributed by atoms with Crippen LogP contribution in [0.2, 0.25) is 0 Å². The van der Waals surface area contributed by atoms with E-state index in [4.69, 9.17) is 9.15 Å². The smallest absolute Gasteiger partial charge is 0.338 e. The molecule has 0 N–H and O–H groups in total. The molecule has 2 aromatic carbocycles. The Morgan fingerprint density at radius 3 is 2.46 bits per heavy atom. The average Bonchev–Trinajstić information content (AvgIpc) is 3.31. The van der Waals surface area contributed by atoms with Crippen LogP contribution < -0.4 is 0 Å². The first-order chi connectivity index (χ1) is 13.5. The van der Waals surface area contributed by atoms with Gasteiger partial charge >= 0.3 is 5.97 Å². The number of nitrogens with zero attached hydrogens (tertiary/aromatic N) is 1. The van der Waals surface area contributed by atoms with E-state index in [-0.39, 0.29) is 23.2 Å². The van der Waals surface area contributed by atoms with Crippen LogP contribution in [0.15, 0.2) is 71.3 Å². The van der Waals surface area contributed by atoms with Crippen molar-refractivity contribution in [3.8, 4) is 0 Å². The van der Waals surface area contributed by atoms with Gasteiger partial charge in [-0.2, -0.15) is 0 Å². The summed E-state index contributed by atoms with van der Waals surface area (Å²) in [5, 5.41) is 0. The van der Waals surface area contributed by atoms with Gasteiger partial charge in [-0.25, -0.2) is 4.79 Å². The highest BCUT2D eigenvalue weighted by Crippen LogP contribution is 2.27. The van der Waals surface area contributed by atoms with Crippen LogP contribution in [-0.2, 0) is 11.3 Å². The summed E-state index contributed by atoms with van der Waals surface area (Å²) >= 11 is 0. The lowest BCUT2D eigenvalue weighted by atomic mass is 10.1. The molecule has 0 radical (unpaired) electrons. The van der Waals surface area contributed by atoms with Crippen molar-refractivity contribution in [2.75, 3.05) is 0 Å². The molecule has 0 bridgehead atoms. The third-order valence-electron chi connectivity index (χ3n) is 4.65. The van der Waals surface area contributed by atoms with Crippen LogP contribution in [0.3, 0.4) is 0 Å². The summed E-state index contributed by atoms with van der Waals surface area (Å²) in [6, 6.07) is 17.1. The van der Waals surface area contributed by atoms with E-state index in [1.807, 2.05) is 30.3 Å². The Bertz CT molecular complexity index is 1040. The molecule has 28 heavy (non-hydrogen) atoms. The van der Waals surface area contributed by atoms with Gasteiger partial charge in [-0.05, 0) is 42.8 Å². The van der Waals surface area contributed by atoms with E-state index >= 15 is 0 Å². The minimum absolute atomic E-state index is 0.0458. The second-order valence-corrected chi connectivity index (χ2v) is 6.49. The number of carbonyl (C=O) groups is 3. The number of amides is 2. The fourth-order valence-electron chi connectivity index (χ4n) is 3.14. The highest BCUT2D eigenvalue weighted by atomic mass is 16.5. The summed E-state index contributed by atoms with van der Waals surface area (Å²) < 4.78 is 10.7. The minimum atomic E-state index is -0.552. The number of hydrogen-bond acceptors (Lipinski definition) is 5. The van der Waals surface area contributed by atoms with Crippen molar-refractivity contribution in [1.82, 2.24) is 4.90 Å². The summed E-state index contributed by atoms with van der Waals surface area (Å²) in [6.45, 7) is 1.82. The molecule has 6 heteroatoms. The molecular weight excluding hydrogens is 358 g/mol. The third kappa shape index (κ3) is 3.20. The molecule has 1 atom stereocenters. The van der Waals surface area contributed by atoms with E-state index in [2.05, 4.69) is 0 Å². The van der Waals surface area contributed by atoms with Crippen LogP contribution in [0.5, 0.6) is 0 Å². The number of esters is 1. The SMILES string of the molecule is CC(OC(=O)c1ccc2c(c1)C(=O)N(Cc1ccco1)C2=O)c1ccccc1. The lowest BCUT2D eigenvalue weighted by molar-refractivity contribution is 0.0337. The largest absolute Gasteiger partial charge is 0.467 e. The molecule has 4 rings (SSSR count). The van der Waals surface area contributed by atoms with Gasteiger partial charge in [-0.15, -0.1) is 0 Å². The lowest BCUT2D eigenvalue weighted by Crippen LogP contribution is -2.28. The van der Waals surface area contributed by atoms with Crippen LogP contribution in [0.4, 0.5) is 0 Å². The van der Waals surface area contributed by atoms with Crippen molar-refractivity contribution >= 4 is 17.8 Å². The van der Waals surface area contributed by atoms with Crippen molar-refractivity contribution in [2.45, 2.75) is 19.6 Å². The Labute approximate surface area is 161 Å². The van der Waals surface area contributed by atoms with Gasteiger partial charge in [0.05, 0.1) is 29.5 Å². The fourth-order valence-corrected chi connectivity index (χ4v) is 3.14. The third-order valence-corrected chi connectivity index (χ3v) is 4.65. The predicted octanol–water partition coefficient (Wildman–Crippen LogP) is 3.99. The average molecular weight is 375 g/mol. The Morgan fingerprint density at radius 1 is 1.00 bits per heavy atom. The quantitative estimate of drug-likeness (QED) is 0.498. The van der Waals surface area contributed by atoms with Crippen LogP contribution in [0.25, 0.3) is 0 Å². The zero-order chi connectivity index (χ0) is 19.7. The Kier molecular flexibility index (Phi) is 4.53. The summed E-state index contributed by atoms with van der Waals surface area (Å²) in [7, 11) is 0. The molecule has 0 aliphatic carbocycles. The van der Waals surface area contributed by atoms with E-state index in [0.717, 1.165) is 10.5 Å². The molecule has 1 unspecified atom stereocenters. The molecule has 2 amide bonds. The first-order valence-corrected chi connectivity index (χ1v) is 8.83. The van der Waals surface area contributed by atoms with Gasteiger partial charge in [-0.1, -0.05) is 30.3 Å². The first kappa shape index (κ1) is 17.7. The van der Waals surface area contributed by atoms with Gasteiger partial charge in [0, 0.05) is 0 Å². The second kappa shape index (κ2) is 7.15. The zero-order valence-corrected chi connectivity index (χ0v) is 15.1. The molecular formula is C22H17NO5. The van der Waals surface area contributed by atoms with Crippen LogP contribution in [-0.4, -0.2) is 22.7 Å². The number of hydrogen-bond donors (Lipinski definition) is 0. The van der Waals surface area contributed by atoms with Crippen molar-refractivity contribution in [2.24, 2.45) is 0 Å². The van der Waals surface area contributed by atoms with Crippen LogP contribution in [0.1, 0.15) is 55.4 Å². The van der Waals surface area contributed by atoms with Gasteiger partial charge in [0.1, 0.15) is 11.9 Å². The molecule has 140 valence electrons. The summed E-state index contributed by atoms with van der Waals surface area (Å²) in [5.41, 5.74) is 1.55. The maximum Gasteiger partial charge on any atom is 0.338 e. The Balaban J connectivity index is 1.53. The molecule has 0 fully saturated rings. The van der Waals surface area contributed by atoms with Crippen molar-refractivity contribution in [3.05, 3.63) is 94.9 Å². The van der Waals surface area contributed by atoms with Gasteiger partial charge in [0.2, 0.25) is 0 Å². The molecule has 2 heterocycles. The molecule has 6 nitrogen and oxygen atoms in total. The Hall–Kier alpha value is -3.67. The maximum absolute atomic E-state index is 12.7. The molecule has 0 saturated heterocycles. The topological polar surface area (TPSA) is 76.8 Å². The predicted molar refractivity (Wildman–Crippen MR) is 99.6 cm³/mol. The summed E-state index contributed by atoms with van der Waals surface area (Å²) in [5.74, 6) is -0.911.